The van der Waals surface area contributed by atoms with Crippen LogP contribution in [0.15, 0.2) is 53.5 Å². The van der Waals surface area contributed by atoms with Gasteiger partial charge in [0.05, 0.1) is 11.8 Å². The summed E-state index contributed by atoms with van der Waals surface area (Å²) < 4.78 is 5.45. The van der Waals surface area contributed by atoms with Crippen LogP contribution in [0.2, 0.25) is 0 Å². The lowest BCUT2D eigenvalue weighted by Crippen LogP contribution is -2.18. The van der Waals surface area contributed by atoms with Crippen LogP contribution in [0.1, 0.15) is 20.8 Å². The SMILES string of the molecule is C=CCOc1ccccc1C(=O)NN=Cc1sccc1C. The lowest BCUT2D eigenvalue weighted by Gasteiger charge is -2.08. The fourth-order valence-electron chi connectivity index (χ4n) is 1.66. The molecule has 1 N–H and O–H groups in total. The van der Waals surface area contributed by atoms with Gasteiger partial charge in [0.25, 0.3) is 5.91 Å². The van der Waals surface area contributed by atoms with Crippen molar-refractivity contribution in [3.05, 3.63) is 64.4 Å². The van der Waals surface area contributed by atoms with Crippen molar-refractivity contribution in [3.8, 4) is 5.75 Å². The van der Waals surface area contributed by atoms with Gasteiger partial charge < -0.3 is 4.74 Å². The molecule has 1 amide bonds. The number of carbonyl (C=O) groups is 1. The molecule has 1 aromatic heterocycles. The number of hydrazone groups is 1. The molecule has 0 bridgehead atoms. The topological polar surface area (TPSA) is 50.7 Å². The Labute approximate surface area is 127 Å². The van der Waals surface area contributed by atoms with E-state index in [1.54, 1.807) is 41.8 Å². The predicted molar refractivity (Wildman–Crippen MR) is 86.3 cm³/mol. The molecule has 1 heterocycles. The van der Waals surface area contributed by atoms with Crippen molar-refractivity contribution in [3.63, 3.8) is 0 Å². The largest absolute Gasteiger partial charge is 0.489 e. The summed E-state index contributed by atoms with van der Waals surface area (Å²) in [5.41, 5.74) is 4.09. The number of para-hydroxylation sites is 1. The Morgan fingerprint density at radius 3 is 2.95 bits per heavy atom. The molecule has 5 heteroatoms. The first-order chi connectivity index (χ1) is 10.2. The maximum Gasteiger partial charge on any atom is 0.275 e. The van der Waals surface area contributed by atoms with Crippen molar-refractivity contribution in [1.29, 1.82) is 0 Å². The quantitative estimate of drug-likeness (QED) is 0.505. The average Bonchev–Trinajstić information content (AvgIpc) is 2.91. The molecule has 4 nitrogen and oxygen atoms in total. The molecule has 2 rings (SSSR count). The number of hydrogen-bond acceptors (Lipinski definition) is 4. The number of carbonyl (C=O) groups excluding carboxylic acids is 1. The van der Waals surface area contributed by atoms with Crippen LogP contribution < -0.4 is 10.2 Å². The van der Waals surface area contributed by atoms with Crippen molar-refractivity contribution >= 4 is 23.5 Å². The summed E-state index contributed by atoms with van der Waals surface area (Å²) in [6.45, 7) is 5.94. The van der Waals surface area contributed by atoms with E-state index < -0.39 is 0 Å². The normalized spacial score (nSPS) is 10.5. The second-order valence-electron chi connectivity index (χ2n) is 4.26. The number of benzene rings is 1. The van der Waals surface area contributed by atoms with Crippen LogP contribution in [0.4, 0.5) is 0 Å². The average molecular weight is 300 g/mol. The van der Waals surface area contributed by atoms with E-state index in [-0.39, 0.29) is 5.91 Å². The molecule has 21 heavy (non-hydrogen) atoms. The van der Waals surface area contributed by atoms with Gasteiger partial charge in [-0.25, -0.2) is 5.43 Å². The summed E-state index contributed by atoms with van der Waals surface area (Å²) >= 11 is 1.57. The van der Waals surface area contributed by atoms with Crippen LogP contribution in [0.25, 0.3) is 0 Å². The summed E-state index contributed by atoms with van der Waals surface area (Å²) in [4.78, 5) is 13.1. The second kappa shape index (κ2) is 7.40. The predicted octanol–water partition coefficient (Wildman–Crippen LogP) is 3.39. The monoisotopic (exact) mass is 300 g/mol. The van der Waals surface area contributed by atoms with Gasteiger partial charge in [-0.1, -0.05) is 24.8 Å². The van der Waals surface area contributed by atoms with Gasteiger partial charge in [-0.2, -0.15) is 5.10 Å². The third-order valence-corrected chi connectivity index (χ3v) is 3.69. The minimum absolute atomic E-state index is 0.305. The number of ether oxygens (including phenoxy) is 1. The van der Waals surface area contributed by atoms with Gasteiger partial charge in [-0.05, 0) is 36.1 Å². The fourth-order valence-corrected chi connectivity index (χ4v) is 2.44. The molecule has 0 saturated heterocycles. The molecule has 1 aromatic carbocycles. The first-order valence-corrected chi connectivity index (χ1v) is 7.30. The number of hydrogen-bond donors (Lipinski definition) is 1. The Morgan fingerprint density at radius 2 is 2.24 bits per heavy atom. The van der Waals surface area contributed by atoms with Crippen molar-refractivity contribution in [2.45, 2.75) is 6.92 Å². The number of thiophene rings is 1. The molecule has 0 spiro atoms. The van der Waals surface area contributed by atoms with Crippen molar-refractivity contribution in [2.24, 2.45) is 5.10 Å². The highest BCUT2D eigenvalue weighted by atomic mass is 32.1. The van der Waals surface area contributed by atoms with Gasteiger partial charge in [-0.3, -0.25) is 4.79 Å². The maximum atomic E-state index is 12.1. The molecule has 0 radical (unpaired) electrons. The van der Waals surface area contributed by atoms with Crippen LogP contribution in [0.3, 0.4) is 0 Å². The van der Waals surface area contributed by atoms with Gasteiger partial charge >= 0.3 is 0 Å². The Kier molecular flexibility index (Phi) is 5.29. The smallest absolute Gasteiger partial charge is 0.275 e. The van der Waals surface area contributed by atoms with E-state index in [0.29, 0.717) is 17.9 Å². The molecule has 0 aliphatic heterocycles. The van der Waals surface area contributed by atoms with Crippen LogP contribution in [0.5, 0.6) is 5.75 Å². The standard InChI is InChI=1S/C16H16N2O2S/c1-3-9-20-14-7-5-4-6-13(14)16(19)18-17-11-15-12(2)8-10-21-15/h3-8,10-11H,1,9H2,2H3,(H,18,19). The molecule has 0 saturated carbocycles. The molecule has 2 aromatic rings. The van der Waals surface area contributed by atoms with E-state index in [1.165, 1.54) is 0 Å². The molecule has 0 fully saturated rings. The van der Waals surface area contributed by atoms with Crippen molar-refractivity contribution < 1.29 is 9.53 Å². The lowest BCUT2D eigenvalue weighted by atomic mass is 10.2. The first-order valence-electron chi connectivity index (χ1n) is 6.42. The number of aryl methyl sites for hydroxylation is 1. The zero-order valence-corrected chi connectivity index (χ0v) is 12.5. The zero-order chi connectivity index (χ0) is 15.1. The summed E-state index contributed by atoms with van der Waals surface area (Å²) in [5.74, 6) is 0.206. The van der Waals surface area contributed by atoms with E-state index in [1.807, 2.05) is 24.4 Å². The Balaban J connectivity index is 2.05. The molecule has 108 valence electrons. The fraction of sp³-hybridized carbons (Fsp3) is 0.125. The van der Waals surface area contributed by atoms with E-state index >= 15 is 0 Å². The summed E-state index contributed by atoms with van der Waals surface area (Å²) in [6.07, 6.45) is 3.28. The minimum atomic E-state index is -0.305. The molecule has 0 unspecified atom stereocenters. The third-order valence-electron chi connectivity index (χ3n) is 2.74. The van der Waals surface area contributed by atoms with Gasteiger partial charge in [0.2, 0.25) is 0 Å². The van der Waals surface area contributed by atoms with Crippen LogP contribution in [-0.2, 0) is 0 Å². The highest BCUT2D eigenvalue weighted by Crippen LogP contribution is 2.18. The number of rotatable bonds is 6. The van der Waals surface area contributed by atoms with Gasteiger partial charge in [0.1, 0.15) is 12.4 Å². The number of amides is 1. The number of nitrogens with one attached hydrogen (secondary N) is 1. The van der Waals surface area contributed by atoms with Crippen LogP contribution in [-0.4, -0.2) is 18.7 Å². The highest BCUT2D eigenvalue weighted by Gasteiger charge is 2.10. The van der Waals surface area contributed by atoms with E-state index in [0.717, 1.165) is 10.4 Å². The Morgan fingerprint density at radius 1 is 1.43 bits per heavy atom. The highest BCUT2D eigenvalue weighted by molar-refractivity contribution is 7.11. The second-order valence-corrected chi connectivity index (χ2v) is 5.21. The molecule has 0 aliphatic carbocycles. The third kappa shape index (κ3) is 4.03. The maximum absolute atomic E-state index is 12.1. The van der Waals surface area contributed by atoms with Crippen molar-refractivity contribution in [2.75, 3.05) is 6.61 Å². The van der Waals surface area contributed by atoms with E-state index in [9.17, 15) is 4.79 Å². The lowest BCUT2D eigenvalue weighted by molar-refractivity contribution is 0.0951. The van der Waals surface area contributed by atoms with Crippen LogP contribution >= 0.6 is 11.3 Å². The van der Waals surface area contributed by atoms with Crippen LogP contribution in [0, 0.1) is 6.92 Å². The molecule has 0 aliphatic rings. The van der Waals surface area contributed by atoms with Gasteiger partial charge in [0, 0.05) is 4.88 Å². The molecule has 0 atom stereocenters. The summed E-state index contributed by atoms with van der Waals surface area (Å²) in [5, 5.41) is 5.97. The minimum Gasteiger partial charge on any atom is -0.489 e. The summed E-state index contributed by atoms with van der Waals surface area (Å²) in [6, 6.07) is 9.04. The zero-order valence-electron chi connectivity index (χ0n) is 11.7. The molecular weight excluding hydrogens is 284 g/mol. The molecular formula is C16H16N2O2S. The van der Waals surface area contributed by atoms with E-state index in [4.69, 9.17) is 4.74 Å². The first kappa shape index (κ1) is 15.0. The Bertz CT molecular complexity index is 662. The van der Waals surface area contributed by atoms with Gasteiger partial charge in [0.15, 0.2) is 0 Å². The number of nitrogens with zero attached hydrogens (tertiary/aromatic N) is 1. The Hall–Kier alpha value is -2.40. The summed E-state index contributed by atoms with van der Waals surface area (Å²) in [7, 11) is 0. The van der Waals surface area contributed by atoms with Gasteiger partial charge in [-0.15, -0.1) is 11.3 Å². The van der Waals surface area contributed by atoms with Crippen molar-refractivity contribution in [1.82, 2.24) is 5.43 Å². The van der Waals surface area contributed by atoms with E-state index in [2.05, 4.69) is 17.1 Å².